The van der Waals surface area contributed by atoms with Crippen molar-refractivity contribution >= 4 is 28.7 Å². The number of fused-ring (bicyclic) bond motifs is 2. The average molecular weight is 363 g/mol. The number of hydrogen-bond donors (Lipinski definition) is 0. The Morgan fingerprint density at radius 2 is 1.69 bits per heavy atom. The minimum Gasteiger partial charge on any atom is -0.337 e. The molecule has 4 nitrogen and oxygen atoms in total. The van der Waals surface area contributed by atoms with Crippen molar-refractivity contribution in [2.45, 2.75) is 37.1 Å². The molecule has 0 aliphatic carbocycles. The first-order valence-corrected chi connectivity index (χ1v) is 9.75. The Labute approximate surface area is 157 Å². The molecular weight excluding hydrogens is 342 g/mol. The highest BCUT2D eigenvalue weighted by atomic mass is 32.2. The zero-order valence-corrected chi connectivity index (χ0v) is 15.8. The highest BCUT2D eigenvalue weighted by molar-refractivity contribution is 8.00. The molecule has 0 fully saturated rings. The lowest BCUT2D eigenvalue weighted by Crippen LogP contribution is -2.40. The van der Waals surface area contributed by atoms with Crippen LogP contribution in [0, 0.1) is 6.92 Å². The molecule has 4 rings (SSSR count). The van der Waals surface area contributed by atoms with Crippen LogP contribution in [0.15, 0.2) is 53.6 Å². The summed E-state index contributed by atoms with van der Waals surface area (Å²) in [7, 11) is 0. The Kier molecular flexibility index (Phi) is 4.64. The third-order valence-electron chi connectivity index (χ3n) is 4.78. The standard InChI is InChI=1S/C21H21N3OS/c1-14-20(23-19-10-6-5-9-18(19)22-14)26-15(2)21(25)24-12-11-16-7-3-4-8-17(16)13-24/h3-10,15H,11-13H2,1-2H3. The van der Waals surface area contributed by atoms with Gasteiger partial charge in [-0.2, -0.15) is 0 Å². The average Bonchev–Trinajstić information content (AvgIpc) is 2.67. The maximum atomic E-state index is 12.9. The van der Waals surface area contributed by atoms with Gasteiger partial charge < -0.3 is 4.90 Å². The van der Waals surface area contributed by atoms with Gasteiger partial charge in [0, 0.05) is 13.1 Å². The molecule has 5 heteroatoms. The summed E-state index contributed by atoms with van der Waals surface area (Å²) in [4.78, 5) is 24.2. The van der Waals surface area contributed by atoms with Gasteiger partial charge in [-0.05, 0) is 43.5 Å². The number of hydrogen-bond acceptors (Lipinski definition) is 4. The van der Waals surface area contributed by atoms with Gasteiger partial charge in [-0.1, -0.05) is 48.2 Å². The van der Waals surface area contributed by atoms with Gasteiger partial charge in [-0.25, -0.2) is 9.97 Å². The van der Waals surface area contributed by atoms with Crippen molar-refractivity contribution in [3.05, 3.63) is 65.4 Å². The molecule has 0 N–H and O–H groups in total. The zero-order valence-electron chi connectivity index (χ0n) is 15.0. The fourth-order valence-electron chi connectivity index (χ4n) is 3.34. The van der Waals surface area contributed by atoms with E-state index in [0.717, 1.165) is 34.7 Å². The largest absolute Gasteiger partial charge is 0.337 e. The van der Waals surface area contributed by atoms with Crippen LogP contribution < -0.4 is 0 Å². The van der Waals surface area contributed by atoms with Crippen LogP contribution in [-0.2, 0) is 17.8 Å². The lowest BCUT2D eigenvalue weighted by atomic mass is 10.00. The van der Waals surface area contributed by atoms with Crippen LogP contribution >= 0.6 is 11.8 Å². The molecule has 0 saturated heterocycles. The van der Waals surface area contributed by atoms with Crippen LogP contribution in [0.25, 0.3) is 11.0 Å². The topological polar surface area (TPSA) is 46.1 Å². The number of benzene rings is 2. The maximum absolute atomic E-state index is 12.9. The van der Waals surface area contributed by atoms with E-state index in [0.29, 0.717) is 6.54 Å². The third-order valence-corrected chi connectivity index (χ3v) is 5.95. The molecule has 1 atom stereocenters. The van der Waals surface area contributed by atoms with Crippen molar-refractivity contribution in [2.75, 3.05) is 6.54 Å². The number of aromatic nitrogens is 2. The minimum atomic E-state index is -0.186. The van der Waals surface area contributed by atoms with Gasteiger partial charge in [0.1, 0.15) is 5.03 Å². The van der Waals surface area contributed by atoms with E-state index in [1.54, 1.807) is 0 Å². The van der Waals surface area contributed by atoms with Gasteiger partial charge in [0.15, 0.2) is 0 Å². The number of para-hydroxylation sites is 2. The monoisotopic (exact) mass is 363 g/mol. The summed E-state index contributed by atoms with van der Waals surface area (Å²) < 4.78 is 0. The molecule has 132 valence electrons. The predicted octanol–water partition coefficient (Wildman–Crippen LogP) is 4.00. The van der Waals surface area contributed by atoms with Crippen molar-refractivity contribution in [1.29, 1.82) is 0 Å². The second kappa shape index (κ2) is 7.08. The Balaban J connectivity index is 1.51. The predicted molar refractivity (Wildman–Crippen MR) is 105 cm³/mol. The first kappa shape index (κ1) is 17.0. The summed E-state index contributed by atoms with van der Waals surface area (Å²) in [5.74, 6) is 0.166. The molecule has 0 bridgehead atoms. The Hall–Kier alpha value is -2.40. The highest BCUT2D eigenvalue weighted by Crippen LogP contribution is 2.28. The first-order chi connectivity index (χ1) is 12.6. The molecule has 2 heterocycles. The molecule has 1 aliphatic heterocycles. The van der Waals surface area contributed by atoms with E-state index in [1.807, 2.05) is 49.1 Å². The van der Waals surface area contributed by atoms with Crippen molar-refractivity contribution in [2.24, 2.45) is 0 Å². The molecule has 0 radical (unpaired) electrons. The molecule has 26 heavy (non-hydrogen) atoms. The van der Waals surface area contributed by atoms with Gasteiger partial charge >= 0.3 is 0 Å². The van der Waals surface area contributed by atoms with Crippen LogP contribution in [0.4, 0.5) is 0 Å². The fraction of sp³-hybridized carbons (Fsp3) is 0.286. The number of nitrogens with zero attached hydrogens (tertiary/aromatic N) is 3. The maximum Gasteiger partial charge on any atom is 0.236 e. The van der Waals surface area contributed by atoms with E-state index in [1.165, 1.54) is 22.9 Å². The van der Waals surface area contributed by atoms with Gasteiger partial charge in [0.2, 0.25) is 5.91 Å². The highest BCUT2D eigenvalue weighted by Gasteiger charge is 2.26. The van der Waals surface area contributed by atoms with Gasteiger partial charge in [-0.15, -0.1) is 0 Å². The van der Waals surface area contributed by atoms with Crippen LogP contribution in [0.2, 0.25) is 0 Å². The lowest BCUT2D eigenvalue weighted by Gasteiger charge is -2.30. The van der Waals surface area contributed by atoms with E-state index in [9.17, 15) is 4.79 Å². The van der Waals surface area contributed by atoms with E-state index < -0.39 is 0 Å². The summed E-state index contributed by atoms with van der Waals surface area (Å²) in [6.45, 7) is 5.39. The van der Waals surface area contributed by atoms with Crippen LogP contribution in [-0.4, -0.2) is 32.6 Å². The smallest absolute Gasteiger partial charge is 0.236 e. The molecular formula is C21H21N3OS. The molecule has 1 amide bonds. The van der Waals surface area contributed by atoms with E-state index in [-0.39, 0.29) is 11.2 Å². The Morgan fingerprint density at radius 1 is 1.04 bits per heavy atom. The zero-order chi connectivity index (χ0) is 18.1. The lowest BCUT2D eigenvalue weighted by molar-refractivity contribution is -0.131. The molecule has 0 saturated carbocycles. The quantitative estimate of drug-likeness (QED) is 0.660. The summed E-state index contributed by atoms with van der Waals surface area (Å²) in [5.41, 5.74) is 5.24. The van der Waals surface area contributed by atoms with Gasteiger partial charge in [0.25, 0.3) is 0 Å². The normalized spacial score (nSPS) is 14.9. The number of carbonyl (C=O) groups is 1. The van der Waals surface area contributed by atoms with Crippen molar-refractivity contribution in [3.8, 4) is 0 Å². The fourth-order valence-corrected chi connectivity index (χ4v) is 4.29. The van der Waals surface area contributed by atoms with Gasteiger partial charge in [-0.3, -0.25) is 4.79 Å². The van der Waals surface area contributed by atoms with Crippen molar-refractivity contribution in [1.82, 2.24) is 14.9 Å². The summed E-state index contributed by atoms with van der Waals surface area (Å²) in [6.07, 6.45) is 0.925. The molecule has 0 spiro atoms. The molecule has 2 aromatic carbocycles. The number of carbonyl (C=O) groups excluding carboxylic acids is 1. The SMILES string of the molecule is Cc1nc2ccccc2nc1SC(C)C(=O)N1CCc2ccccc2C1. The van der Waals surface area contributed by atoms with Crippen LogP contribution in [0.3, 0.4) is 0 Å². The second-order valence-corrected chi connectivity index (χ2v) is 7.97. The number of rotatable bonds is 3. The van der Waals surface area contributed by atoms with E-state index in [4.69, 9.17) is 4.98 Å². The molecule has 1 aromatic heterocycles. The number of amides is 1. The minimum absolute atomic E-state index is 0.166. The summed E-state index contributed by atoms with van der Waals surface area (Å²) in [6, 6.07) is 16.2. The number of aryl methyl sites for hydroxylation is 1. The van der Waals surface area contributed by atoms with Crippen molar-refractivity contribution < 1.29 is 4.79 Å². The third kappa shape index (κ3) is 3.31. The number of thioether (sulfide) groups is 1. The van der Waals surface area contributed by atoms with Crippen LogP contribution in [0.5, 0.6) is 0 Å². The summed E-state index contributed by atoms with van der Waals surface area (Å²) >= 11 is 1.50. The van der Waals surface area contributed by atoms with Crippen LogP contribution in [0.1, 0.15) is 23.7 Å². The summed E-state index contributed by atoms with van der Waals surface area (Å²) in [5, 5.41) is 0.649. The van der Waals surface area contributed by atoms with Gasteiger partial charge in [0.05, 0.1) is 22.0 Å². The van der Waals surface area contributed by atoms with E-state index >= 15 is 0 Å². The second-order valence-electron chi connectivity index (χ2n) is 6.64. The Bertz CT molecular complexity index is 972. The molecule has 1 aliphatic rings. The first-order valence-electron chi connectivity index (χ1n) is 8.87. The molecule has 3 aromatic rings. The van der Waals surface area contributed by atoms with E-state index in [2.05, 4.69) is 23.2 Å². The Morgan fingerprint density at radius 3 is 2.46 bits per heavy atom. The van der Waals surface area contributed by atoms with Crippen molar-refractivity contribution in [3.63, 3.8) is 0 Å². The molecule has 1 unspecified atom stereocenters.